The highest BCUT2D eigenvalue weighted by Gasteiger charge is 2.11. The van der Waals surface area contributed by atoms with Gasteiger partial charge in [0.1, 0.15) is 0 Å². The predicted molar refractivity (Wildman–Crippen MR) is 129 cm³/mol. The Labute approximate surface area is 179 Å². The Kier molecular flexibility index (Phi) is 11.3. The minimum Gasteiger partial charge on any atom is -0.290 e. The number of ketones is 1. The van der Waals surface area contributed by atoms with E-state index in [9.17, 15) is 4.79 Å². The molecule has 0 saturated carbocycles. The molecule has 158 valence electrons. The first-order chi connectivity index (χ1) is 13.7. The van der Waals surface area contributed by atoms with Gasteiger partial charge in [-0.15, -0.1) is 0 Å². The van der Waals surface area contributed by atoms with E-state index in [2.05, 4.69) is 65.5 Å². The van der Waals surface area contributed by atoms with E-state index in [0.717, 1.165) is 55.2 Å². The van der Waals surface area contributed by atoms with Gasteiger partial charge in [0.2, 0.25) is 0 Å². The van der Waals surface area contributed by atoms with E-state index in [1.807, 2.05) is 6.92 Å². The molecule has 0 amide bonds. The maximum absolute atomic E-state index is 11.7. The van der Waals surface area contributed by atoms with Crippen molar-refractivity contribution in [1.29, 1.82) is 0 Å². The maximum Gasteiger partial charge on any atom is 0.179 e. The zero-order chi connectivity index (χ0) is 21.8. The number of rotatable bonds is 11. The Bertz CT molecular complexity index is 771. The van der Waals surface area contributed by atoms with Gasteiger partial charge in [0.05, 0.1) is 0 Å². The second-order valence-corrected chi connectivity index (χ2v) is 8.63. The van der Waals surface area contributed by atoms with E-state index in [1.54, 1.807) is 12.2 Å². The monoisotopic (exact) mass is 392 g/mol. The van der Waals surface area contributed by atoms with Crippen molar-refractivity contribution in [2.45, 2.75) is 86.5 Å². The number of allylic oxidation sites excluding steroid dienone is 13. The Hall–Kier alpha value is -2.15. The lowest BCUT2D eigenvalue weighted by atomic mass is 9.91. The van der Waals surface area contributed by atoms with Gasteiger partial charge < -0.3 is 0 Å². The van der Waals surface area contributed by atoms with Gasteiger partial charge in [-0.2, -0.15) is 0 Å². The highest BCUT2D eigenvalue weighted by molar-refractivity contribution is 6.03. The fourth-order valence-corrected chi connectivity index (χ4v) is 3.31. The predicted octanol–water partition coefficient (Wildman–Crippen LogP) is 8.53. The van der Waals surface area contributed by atoms with Gasteiger partial charge in [-0.05, 0) is 115 Å². The van der Waals surface area contributed by atoms with Gasteiger partial charge in [-0.1, -0.05) is 53.2 Å². The van der Waals surface area contributed by atoms with E-state index in [0.29, 0.717) is 0 Å². The standard InChI is InChI=1S/C28H40O/c1-21(2)11-8-12-22(3)13-9-14-23(4)15-10-16-24(5)17-18-27-20-28(29)19-25(6)26(27)7/h11,13,15,17,19-20H,7-10,12,14,16,18H2,1-6H3/b22-13+,23-15+,24-17+. The van der Waals surface area contributed by atoms with Crippen LogP contribution in [-0.2, 0) is 4.79 Å². The molecule has 0 spiro atoms. The van der Waals surface area contributed by atoms with Crippen molar-refractivity contribution in [2.24, 2.45) is 0 Å². The second-order valence-electron chi connectivity index (χ2n) is 8.63. The first-order valence-electron chi connectivity index (χ1n) is 10.9. The van der Waals surface area contributed by atoms with Crippen molar-refractivity contribution >= 4 is 5.78 Å². The minimum atomic E-state index is 0.0794. The number of carbonyl (C=O) groups is 1. The summed E-state index contributed by atoms with van der Waals surface area (Å²) in [6.45, 7) is 17.0. The highest BCUT2D eigenvalue weighted by Crippen LogP contribution is 2.25. The largest absolute Gasteiger partial charge is 0.290 e. The molecule has 1 aliphatic carbocycles. The van der Waals surface area contributed by atoms with Gasteiger partial charge in [0.15, 0.2) is 5.78 Å². The molecule has 29 heavy (non-hydrogen) atoms. The summed E-state index contributed by atoms with van der Waals surface area (Å²) in [5.41, 5.74) is 8.77. The molecule has 1 aliphatic rings. The fourth-order valence-electron chi connectivity index (χ4n) is 3.31. The van der Waals surface area contributed by atoms with Crippen molar-refractivity contribution in [3.63, 3.8) is 0 Å². The summed E-state index contributed by atoms with van der Waals surface area (Å²) in [7, 11) is 0. The third-order valence-corrected chi connectivity index (χ3v) is 5.36. The average Bonchev–Trinajstić information content (AvgIpc) is 2.63. The molecule has 0 saturated heterocycles. The third kappa shape index (κ3) is 10.8. The van der Waals surface area contributed by atoms with Crippen LogP contribution in [-0.4, -0.2) is 5.78 Å². The highest BCUT2D eigenvalue weighted by atomic mass is 16.1. The Balaban J connectivity index is 2.36. The molecule has 0 aliphatic heterocycles. The maximum atomic E-state index is 11.7. The fraction of sp³-hybridized carbons (Fsp3) is 0.464. The molecule has 0 aromatic heterocycles. The quantitative estimate of drug-likeness (QED) is 0.322. The molecule has 1 heteroatoms. The van der Waals surface area contributed by atoms with Crippen LogP contribution in [0.4, 0.5) is 0 Å². The van der Waals surface area contributed by atoms with Gasteiger partial charge in [-0.3, -0.25) is 4.79 Å². The molecule has 0 fully saturated rings. The molecular weight excluding hydrogens is 352 g/mol. The lowest BCUT2D eigenvalue weighted by Gasteiger charge is -2.13. The van der Waals surface area contributed by atoms with Crippen molar-refractivity contribution in [3.05, 3.63) is 82.0 Å². The Morgan fingerprint density at radius 2 is 1.28 bits per heavy atom. The van der Waals surface area contributed by atoms with E-state index in [1.165, 1.54) is 28.7 Å². The normalized spacial score (nSPS) is 16.0. The Morgan fingerprint density at radius 1 is 0.793 bits per heavy atom. The summed E-state index contributed by atoms with van der Waals surface area (Å²) in [6, 6.07) is 0. The van der Waals surface area contributed by atoms with Crippen LogP contribution >= 0.6 is 0 Å². The molecular formula is C28H40O. The molecule has 0 radical (unpaired) electrons. The van der Waals surface area contributed by atoms with Crippen LogP contribution in [0.3, 0.4) is 0 Å². The molecule has 0 heterocycles. The summed E-state index contributed by atoms with van der Waals surface area (Å²) < 4.78 is 0. The summed E-state index contributed by atoms with van der Waals surface area (Å²) in [5.74, 6) is 0.0794. The summed E-state index contributed by atoms with van der Waals surface area (Å²) in [6.07, 6.45) is 20.2. The van der Waals surface area contributed by atoms with E-state index >= 15 is 0 Å². The first kappa shape index (κ1) is 24.9. The van der Waals surface area contributed by atoms with E-state index in [-0.39, 0.29) is 5.78 Å². The van der Waals surface area contributed by atoms with Crippen LogP contribution in [0.5, 0.6) is 0 Å². The summed E-state index contributed by atoms with van der Waals surface area (Å²) >= 11 is 0. The second kappa shape index (κ2) is 13.1. The van der Waals surface area contributed by atoms with Crippen molar-refractivity contribution in [2.75, 3.05) is 0 Å². The summed E-state index contributed by atoms with van der Waals surface area (Å²) in [4.78, 5) is 11.7. The van der Waals surface area contributed by atoms with E-state index < -0.39 is 0 Å². The van der Waals surface area contributed by atoms with Crippen LogP contribution in [0.1, 0.15) is 86.5 Å². The van der Waals surface area contributed by atoms with Gasteiger partial charge in [-0.25, -0.2) is 0 Å². The zero-order valence-electron chi connectivity index (χ0n) is 19.5. The molecule has 1 nitrogen and oxygen atoms in total. The topological polar surface area (TPSA) is 17.1 Å². The molecule has 1 rings (SSSR count). The molecule has 0 aromatic rings. The molecule has 0 bridgehead atoms. The number of hydrogen-bond acceptors (Lipinski definition) is 1. The molecule has 0 aromatic carbocycles. The van der Waals surface area contributed by atoms with E-state index in [4.69, 9.17) is 0 Å². The lowest BCUT2D eigenvalue weighted by Crippen LogP contribution is -2.02. The minimum absolute atomic E-state index is 0.0794. The molecule has 0 N–H and O–H groups in total. The zero-order valence-corrected chi connectivity index (χ0v) is 19.5. The van der Waals surface area contributed by atoms with Crippen molar-refractivity contribution in [3.8, 4) is 0 Å². The van der Waals surface area contributed by atoms with Crippen LogP contribution in [0.15, 0.2) is 82.0 Å². The third-order valence-electron chi connectivity index (χ3n) is 5.36. The first-order valence-corrected chi connectivity index (χ1v) is 10.9. The number of hydrogen-bond donors (Lipinski definition) is 0. The van der Waals surface area contributed by atoms with Gasteiger partial charge in [0.25, 0.3) is 0 Å². The van der Waals surface area contributed by atoms with Gasteiger partial charge >= 0.3 is 0 Å². The molecule has 0 atom stereocenters. The van der Waals surface area contributed by atoms with Crippen LogP contribution < -0.4 is 0 Å². The van der Waals surface area contributed by atoms with Crippen molar-refractivity contribution in [1.82, 2.24) is 0 Å². The number of carbonyl (C=O) groups excluding carboxylic acids is 1. The summed E-state index contributed by atoms with van der Waals surface area (Å²) in [5, 5.41) is 0. The van der Waals surface area contributed by atoms with Crippen LogP contribution in [0, 0.1) is 0 Å². The Morgan fingerprint density at radius 3 is 1.79 bits per heavy atom. The average molecular weight is 393 g/mol. The van der Waals surface area contributed by atoms with Crippen LogP contribution in [0.2, 0.25) is 0 Å². The molecule has 0 unspecified atom stereocenters. The van der Waals surface area contributed by atoms with Crippen LogP contribution in [0.25, 0.3) is 0 Å². The smallest absolute Gasteiger partial charge is 0.179 e. The lowest BCUT2D eigenvalue weighted by molar-refractivity contribution is -0.110. The SMILES string of the molecule is C=C1C(C)=CC(=O)C=C1C/C=C(\C)CC/C=C(\C)CC/C=C(\C)CCC=C(C)C. The van der Waals surface area contributed by atoms with Crippen molar-refractivity contribution < 1.29 is 4.79 Å². The van der Waals surface area contributed by atoms with Gasteiger partial charge in [0, 0.05) is 0 Å².